The first-order valence-electron chi connectivity index (χ1n) is 7.28. The maximum atomic E-state index is 13.5. The molecule has 0 saturated carbocycles. The van der Waals surface area contributed by atoms with Crippen LogP contribution < -0.4 is 10.6 Å². The molecule has 2 aromatic rings. The third-order valence-corrected chi connectivity index (χ3v) is 4.24. The number of nitrogens with one attached hydrogen (secondary N) is 2. The Labute approximate surface area is 146 Å². The zero-order valence-corrected chi connectivity index (χ0v) is 13.6. The van der Waals surface area contributed by atoms with Crippen LogP contribution in [0.3, 0.4) is 0 Å². The van der Waals surface area contributed by atoms with Crippen molar-refractivity contribution in [1.29, 1.82) is 0 Å². The van der Waals surface area contributed by atoms with E-state index in [9.17, 15) is 14.0 Å². The molecule has 3 rings (SSSR count). The van der Waals surface area contributed by atoms with E-state index in [2.05, 4.69) is 20.8 Å². The van der Waals surface area contributed by atoms with Gasteiger partial charge in [0.25, 0.3) is 0 Å². The van der Waals surface area contributed by atoms with E-state index in [1.165, 1.54) is 30.7 Å². The van der Waals surface area contributed by atoms with Gasteiger partial charge in [0.15, 0.2) is 5.17 Å². The number of carbonyl (C=O) groups is 2. The molecule has 1 unspecified atom stereocenters. The van der Waals surface area contributed by atoms with Crippen molar-refractivity contribution in [3.63, 3.8) is 0 Å². The predicted molar refractivity (Wildman–Crippen MR) is 92.9 cm³/mol. The molecule has 25 heavy (non-hydrogen) atoms. The van der Waals surface area contributed by atoms with Crippen molar-refractivity contribution in [3.05, 3.63) is 54.2 Å². The summed E-state index contributed by atoms with van der Waals surface area (Å²) < 4.78 is 18.6. The number of rotatable bonds is 5. The highest BCUT2D eigenvalue weighted by molar-refractivity contribution is 8.15. The van der Waals surface area contributed by atoms with Gasteiger partial charge >= 0.3 is 0 Å². The molecule has 0 spiro atoms. The average Bonchev–Trinajstić information content (AvgIpc) is 3.20. The van der Waals surface area contributed by atoms with Gasteiger partial charge < -0.3 is 15.1 Å². The van der Waals surface area contributed by atoms with E-state index in [0.717, 1.165) is 11.8 Å². The van der Waals surface area contributed by atoms with Gasteiger partial charge in [-0.05, 0) is 24.3 Å². The summed E-state index contributed by atoms with van der Waals surface area (Å²) >= 11 is 1.09. The number of thioether (sulfide) groups is 1. The fourth-order valence-electron chi connectivity index (χ4n) is 2.02. The van der Waals surface area contributed by atoms with Gasteiger partial charge in [0.2, 0.25) is 11.8 Å². The second-order valence-electron chi connectivity index (χ2n) is 4.99. The number of benzene rings is 1. The number of furan rings is 1. The van der Waals surface area contributed by atoms with Crippen molar-refractivity contribution in [2.24, 2.45) is 10.2 Å². The Hall–Kier alpha value is -2.94. The Morgan fingerprint density at radius 2 is 2.20 bits per heavy atom. The van der Waals surface area contributed by atoms with Gasteiger partial charge in [0.1, 0.15) is 16.8 Å². The van der Waals surface area contributed by atoms with Crippen molar-refractivity contribution >= 4 is 40.6 Å². The lowest BCUT2D eigenvalue weighted by atomic mass is 10.2. The summed E-state index contributed by atoms with van der Waals surface area (Å²) in [7, 11) is 0. The average molecular weight is 360 g/mol. The van der Waals surface area contributed by atoms with E-state index in [-0.39, 0.29) is 23.2 Å². The summed E-state index contributed by atoms with van der Waals surface area (Å²) in [6, 6.07) is 9.25. The number of para-hydroxylation sites is 1. The van der Waals surface area contributed by atoms with E-state index in [0.29, 0.717) is 5.76 Å². The molecule has 1 aromatic carbocycles. The smallest absolute Gasteiger partial charge is 0.240 e. The van der Waals surface area contributed by atoms with Gasteiger partial charge in [-0.3, -0.25) is 9.59 Å². The molecule has 0 aliphatic carbocycles. The third-order valence-electron chi connectivity index (χ3n) is 3.17. The second-order valence-corrected chi connectivity index (χ2v) is 6.18. The van der Waals surface area contributed by atoms with E-state index < -0.39 is 17.0 Å². The van der Waals surface area contributed by atoms with Crippen molar-refractivity contribution in [3.8, 4) is 0 Å². The quantitative estimate of drug-likeness (QED) is 0.632. The highest BCUT2D eigenvalue weighted by atomic mass is 32.2. The van der Waals surface area contributed by atoms with Crippen LogP contribution in [0.15, 0.2) is 57.3 Å². The number of anilines is 1. The zero-order chi connectivity index (χ0) is 17.6. The first kappa shape index (κ1) is 16.9. The fourth-order valence-corrected chi connectivity index (χ4v) is 2.95. The highest BCUT2D eigenvalue weighted by Crippen LogP contribution is 2.23. The summed E-state index contributed by atoms with van der Waals surface area (Å²) in [5, 5.41) is 12.3. The third kappa shape index (κ3) is 4.54. The van der Waals surface area contributed by atoms with Gasteiger partial charge in [0, 0.05) is 6.42 Å². The monoisotopic (exact) mass is 360 g/mol. The number of halogens is 1. The summed E-state index contributed by atoms with van der Waals surface area (Å²) in [5.74, 6) is -0.813. The Balaban J connectivity index is 1.55. The summed E-state index contributed by atoms with van der Waals surface area (Å²) in [6.07, 6.45) is 2.80. The summed E-state index contributed by atoms with van der Waals surface area (Å²) in [4.78, 5) is 23.9. The molecule has 2 heterocycles. The molecule has 2 amide bonds. The molecule has 7 nitrogen and oxygen atoms in total. The standard InChI is InChI=1S/C16H13FN4O3S/c17-11-5-1-2-6-12(11)19-14(22)8-13-15(23)20-16(25-13)21-18-9-10-4-3-7-24-10/h1-7,9,13H,8H2,(H,19,22)(H,20,21,23)/b18-9+. The number of amidine groups is 1. The normalized spacial score (nSPS) is 18.7. The Morgan fingerprint density at radius 1 is 1.36 bits per heavy atom. The molecule has 9 heteroatoms. The van der Waals surface area contributed by atoms with Gasteiger partial charge in [0.05, 0.1) is 18.2 Å². The molecule has 128 valence electrons. The minimum atomic E-state index is -0.649. The lowest BCUT2D eigenvalue weighted by molar-refractivity contribution is -0.122. The maximum Gasteiger partial charge on any atom is 0.240 e. The van der Waals surface area contributed by atoms with E-state index >= 15 is 0 Å². The maximum absolute atomic E-state index is 13.5. The van der Waals surface area contributed by atoms with Crippen LogP contribution in [0.25, 0.3) is 0 Å². The van der Waals surface area contributed by atoms with E-state index in [1.807, 2.05) is 0 Å². The van der Waals surface area contributed by atoms with Crippen LogP contribution in [0.5, 0.6) is 0 Å². The lowest BCUT2D eigenvalue weighted by Gasteiger charge is -2.07. The minimum Gasteiger partial charge on any atom is -0.463 e. The Kier molecular flexibility index (Phi) is 5.24. The molecule has 0 bridgehead atoms. The summed E-state index contributed by atoms with van der Waals surface area (Å²) in [5.41, 5.74) is 0.0767. The number of carbonyl (C=O) groups excluding carboxylic acids is 2. The van der Waals surface area contributed by atoms with Crippen LogP contribution in [0.2, 0.25) is 0 Å². The lowest BCUT2D eigenvalue weighted by Crippen LogP contribution is -2.28. The van der Waals surface area contributed by atoms with Crippen LogP contribution in [0, 0.1) is 5.82 Å². The Bertz CT molecular complexity index is 836. The molecule has 1 fully saturated rings. The number of nitrogens with zero attached hydrogens (tertiary/aromatic N) is 2. The largest absolute Gasteiger partial charge is 0.463 e. The number of hydrogen-bond acceptors (Lipinski definition) is 6. The van der Waals surface area contributed by atoms with Crippen LogP contribution in [0.4, 0.5) is 10.1 Å². The van der Waals surface area contributed by atoms with Crippen molar-refractivity contribution in [2.75, 3.05) is 5.32 Å². The molecule has 2 N–H and O–H groups in total. The second kappa shape index (κ2) is 7.75. The van der Waals surface area contributed by atoms with E-state index in [1.54, 1.807) is 18.2 Å². The molecule has 1 saturated heterocycles. The number of amides is 2. The first-order chi connectivity index (χ1) is 12.1. The molecule has 1 aliphatic rings. The molecule has 1 atom stereocenters. The Morgan fingerprint density at radius 3 is 2.96 bits per heavy atom. The first-order valence-corrected chi connectivity index (χ1v) is 8.16. The van der Waals surface area contributed by atoms with Crippen molar-refractivity contribution < 1.29 is 18.4 Å². The van der Waals surface area contributed by atoms with E-state index in [4.69, 9.17) is 4.42 Å². The highest BCUT2D eigenvalue weighted by Gasteiger charge is 2.32. The molecule has 1 aromatic heterocycles. The van der Waals surface area contributed by atoms with Crippen LogP contribution >= 0.6 is 11.8 Å². The van der Waals surface area contributed by atoms with Gasteiger partial charge in [-0.2, -0.15) is 5.10 Å². The van der Waals surface area contributed by atoms with Gasteiger partial charge in [-0.25, -0.2) is 4.39 Å². The molecular weight excluding hydrogens is 347 g/mol. The minimum absolute atomic E-state index is 0.0767. The SMILES string of the molecule is O=C(CC1S/C(=N\N=C\c2ccco2)NC1=O)Nc1ccccc1F. The van der Waals surface area contributed by atoms with Crippen LogP contribution in [-0.2, 0) is 9.59 Å². The fraction of sp³-hybridized carbons (Fsp3) is 0.125. The zero-order valence-electron chi connectivity index (χ0n) is 12.8. The molecule has 0 radical (unpaired) electrons. The van der Waals surface area contributed by atoms with Gasteiger partial charge in [-0.1, -0.05) is 23.9 Å². The number of hydrogen-bond donors (Lipinski definition) is 2. The van der Waals surface area contributed by atoms with Gasteiger partial charge in [-0.15, -0.1) is 5.10 Å². The van der Waals surface area contributed by atoms with Crippen LogP contribution in [0.1, 0.15) is 12.2 Å². The summed E-state index contributed by atoms with van der Waals surface area (Å²) in [6.45, 7) is 0. The predicted octanol–water partition coefficient (Wildman–Crippen LogP) is 2.37. The van der Waals surface area contributed by atoms with Crippen LogP contribution in [-0.4, -0.2) is 28.4 Å². The molecule has 1 aliphatic heterocycles. The molecular formula is C16H13FN4O3S. The van der Waals surface area contributed by atoms with Crippen molar-refractivity contribution in [1.82, 2.24) is 5.32 Å². The van der Waals surface area contributed by atoms with Crippen molar-refractivity contribution in [2.45, 2.75) is 11.7 Å². The topological polar surface area (TPSA) is 96.1 Å².